The zero-order chi connectivity index (χ0) is 12.5. The maximum absolute atomic E-state index is 2.85. The minimum absolute atomic E-state index is 0.583. The van der Waals surface area contributed by atoms with E-state index in [1.807, 2.05) is 0 Å². The van der Waals surface area contributed by atoms with Gasteiger partial charge in [-0.3, -0.25) is 4.90 Å². The Kier molecular flexibility index (Phi) is 4.18. The predicted molar refractivity (Wildman–Crippen MR) is 75.2 cm³/mol. The molecule has 1 aliphatic heterocycles. The van der Waals surface area contributed by atoms with Crippen molar-refractivity contribution in [2.75, 3.05) is 6.54 Å². The van der Waals surface area contributed by atoms with E-state index in [2.05, 4.69) is 32.6 Å². The van der Waals surface area contributed by atoms with Gasteiger partial charge >= 0.3 is 0 Å². The largest absolute Gasteiger partial charge is 0.295 e. The third kappa shape index (κ3) is 2.70. The van der Waals surface area contributed by atoms with Gasteiger partial charge in [0.05, 0.1) is 0 Å². The van der Waals surface area contributed by atoms with E-state index in [-0.39, 0.29) is 0 Å². The molecule has 1 aliphatic carbocycles. The van der Waals surface area contributed by atoms with Gasteiger partial charge in [0.2, 0.25) is 0 Å². The van der Waals surface area contributed by atoms with Gasteiger partial charge in [0, 0.05) is 11.6 Å². The standard InChI is InChI=1S/C16H31N/c1-13(2)15-8-11-17(14(3)4)16(12-15)9-6-5-7-10-16/h13-15H,5-12H2,1-4H3/t15-/m1/s1. The van der Waals surface area contributed by atoms with Crippen LogP contribution < -0.4 is 0 Å². The lowest BCUT2D eigenvalue weighted by molar-refractivity contribution is -0.0378. The summed E-state index contributed by atoms with van der Waals surface area (Å²) in [6.07, 6.45) is 10.2. The molecule has 0 aromatic heterocycles. The number of likely N-dealkylation sites (tertiary alicyclic amines) is 1. The molecular weight excluding hydrogens is 206 g/mol. The highest BCUT2D eigenvalue weighted by Gasteiger charge is 2.44. The number of hydrogen-bond donors (Lipinski definition) is 0. The highest BCUT2D eigenvalue weighted by atomic mass is 15.2. The molecule has 1 atom stereocenters. The van der Waals surface area contributed by atoms with Crippen LogP contribution in [0.1, 0.15) is 72.6 Å². The number of rotatable bonds is 2. The minimum Gasteiger partial charge on any atom is -0.295 e. The SMILES string of the molecule is CC(C)[C@@H]1CCN(C(C)C)C2(CCCCC2)C1. The van der Waals surface area contributed by atoms with Crippen molar-refractivity contribution in [2.24, 2.45) is 11.8 Å². The van der Waals surface area contributed by atoms with E-state index in [0.29, 0.717) is 5.54 Å². The summed E-state index contributed by atoms with van der Waals surface area (Å²) in [5, 5.41) is 0. The van der Waals surface area contributed by atoms with Crippen LogP contribution in [0.4, 0.5) is 0 Å². The maximum Gasteiger partial charge on any atom is 0.0215 e. The molecule has 2 aliphatic rings. The van der Waals surface area contributed by atoms with E-state index in [4.69, 9.17) is 0 Å². The van der Waals surface area contributed by atoms with Gasteiger partial charge in [-0.2, -0.15) is 0 Å². The van der Waals surface area contributed by atoms with Crippen LogP contribution in [0, 0.1) is 11.8 Å². The molecule has 2 rings (SSSR count). The fourth-order valence-electron chi connectivity index (χ4n) is 4.33. The van der Waals surface area contributed by atoms with E-state index < -0.39 is 0 Å². The molecular formula is C16H31N. The van der Waals surface area contributed by atoms with Gasteiger partial charge in [-0.05, 0) is 57.9 Å². The van der Waals surface area contributed by atoms with Gasteiger partial charge < -0.3 is 0 Å². The van der Waals surface area contributed by atoms with Crippen molar-refractivity contribution in [3.8, 4) is 0 Å². The first-order valence-electron chi connectivity index (χ1n) is 7.82. The van der Waals surface area contributed by atoms with Crippen molar-refractivity contribution in [3.63, 3.8) is 0 Å². The Morgan fingerprint density at radius 1 is 1.00 bits per heavy atom. The molecule has 1 spiro atoms. The van der Waals surface area contributed by atoms with E-state index >= 15 is 0 Å². The van der Waals surface area contributed by atoms with E-state index in [1.54, 1.807) is 0 Å². The van der Waals surface area contributed by atoms with Gasteiger partial charge in [-0.1, -0.05) is 33.1 Å². The van der Waals surface area contributed by atoms with E-state index in [0.717, 1.165) is 17.9 Å². The van der Waals surface area contributed by atoms with Crippen LogP contribution >= 0.6 is 0 Å². The molecule has 0 radical (unpaired) electrons. The summed E-state index contributed by atoms with van der Waals surface area (Å²) >= 11 is 0. The first-order chi connectivity index (χ1) is 8.05. The summed E-state index contributed by atoms with van der Waals surface area (Å²) < 4.78 is 0. The quantitative estimate of drug-likeness (QED) is 0.685. The van der Waals surface area contributed by atoms with E-state index in [1.165, 1.54) is 51.5 Å². The molecule has 2 fully saturated rings. The monoisotopic (exact) mass is 237 g/mol. The molecule has 0 aromatic carbocycles. The Morgan fingerprint density at radius 2 is 1.65 bits per heavy atom. The molecule has 0 amide bonds. The summed E-state index contributed by atoms with van der Waals surface area (Å²) in [6.45, 7) is 11.0. The summed E-state index contributed by atoms with van der Waals surface area (Å²) in [5.41, 5.74) is 0.583. The second-order valence-electron chi connectivity index (χ2n) is 7.07. The molecule has 0 bridgehead atoms. The Balaban J connectivity index is 2.14. The average Bonchev–Trinajstić information content (AvgIpc) is 2.29. The van der Waals surface area contributed by atoms with Crippen molar-refractivity contribution >= 4 is 0 Å². The van der Waals surface area contributed by atoms with E-state index in [9.17, 15) is 0 Å². The lowest BCUT2D eigenvalue weighted by atomic mass is 9.68. The Bertz CT molecular complexity index is 238. The summed E-state index contributed by atoms with van der Waals surface area (Å²) in [6, 6.07) is 0.737. The summed E-state index contributed by atoms with van der Waals surface area (Å²) in [7, 11) is 0. The maximum atomic E-state index is 2.85. The lowest BCUT2D eigenvalue weighted by Gasteiger charge is -2.54. The fraction of sp³-hybridized carbons (Fsp3) is 1.00. The Hall–Kier alpha value is -0.0400. The van der Waals surface area contributed by atoms with Crippen LogP contribution in [0.15, 0.2) is 0 Å². The van der Waals surface area contributed by atoms with Gasteiger partial charge in [-0.25, -0.2) is 0 Å². The van der Waals surface area contributed by atoms with Crippen LogP contribution in [-0.2, 0) is 0 Å². The normalized spacial score (nSPS) is 30.4. The minimum atomic E-state index is 0.583. The first kappa shape index (κ1) is 13.4. The Morgan fingerprint density at radius 3 is 2.18 bits per heavy atom. The third-order valence-electron chi connectivity index (χ3n) is 5.34. The molecule has 1 heteroatoms. The highest BCUT2D eigenvalue weighted by molar-refractivity contribution is 4.99. The first-order valence-corrected chi connectivity index (χ1v) is 7.82. The summed E-state index contributed by atoms with van der Waals surface area (Å²) in [4.78, 5) is 2.85. The summed E-state index contributed by atoms with van der Waals surface area (Å²) in [5.74, 6) is 1.85. The second kappa shape index (κ2) is 5.30. The average molecular weight is 237 g/mol. The molecule has 0 aromatic rings. The van der Waals surface area contributed by atoms with Crippen LogP contribution in [0.5, 0.6) is 0 Å². The van der Waals surface area contributed by atoms with Crippen molar-refractivity contribution in [1.82, 2.24) is 4.90 Å². The van der Waals surface area contributed by atoms with Crippen LogP contribution in [0.25, 0.3) is 0 Å². The Labute approximate surface area is 108 Å². The number of nitrogens with zero attached hydrogens (tertiary/aromatic N) is 1. The van der Waals surface area contributed by atoms with Crippen molar-refractivity contribution in [2.45, 2.75) is 84.2 Å². The van der Waals surface area contributed by atoms with Gasteiger partial charge in [-0.15, -0.1) is 0 Å². The smallest absolute Gasteiger partial charge is 0.0215 e. The zero-order valence-electron chi connectivity index (χ0n) is 12.3. The topological polar surface area (TPSA) is 3.24 Å². The predicted octanol–water partition coefficient (Wildman–Crippen LogP) is 4.47. The fourth-order valence-corrected chi connectivity index (χ4v) is 4.33. The third-order valence-corrected chi connectivity index (χ3v) is 5.34. The van der Waals surface area contributed by atoms with Crippen molar-refractivity contribution in [1.29, 1.82) is 0 Å². The van der Waals surface area contributed by atoms with Gasteiger partial charge in [0.25, 0.3) is 0 Å². The molecule has 0 N–H and O–H groups in total. The highest BCUT2D eigenvalue weighted by Crippen LogP contribution is 2.45. The molecule has 0 unspecified atom stereocenters. The molecule has 17 heavy (non-hydrogen) atoms. The lowest BCUT2D eigenvalue weighted by Crippen LogP contribution is -2.58. The van der Waals surface area contributed by atoms with Gasteiger partial charge in [0.15, 0.2) is 0 Å². The molecule has 1 saturated heterocycles. The molecule has 1 nitrogen and oxygen atoms in total. The van der Waals surface area contributed by atoms with Crippen LogP contribution in [0.3, 0.4) is 0 Å². The van der Waals surface area contributed by atoms with Crippen LogP contribution in [-0.4, -0.2) is 23.0 Å². The van der Waals surface area contributed by atoms with Crippen molar-refractivity contribution in [3.05, 3.63) is 0 Å². The van der Waals surface area contributed by atoms with Crippen molar-refractivity contribution < 1.29 is 0 Å². The molecule has 1 saturated carbocycles. The van der Waals surface area contributed by atoms with Crippen LogP contribution in [0.2, 0.25) is 0 Å². The zero-order valence-corrected chi connectivity index (χ0v) is 12.3. The van der Waals surface area contributed by atoms with Gasteiger partial charge in [0.1, 0.15) is 0 Å². The second-order valence-corrected chi connectivity index (χ2v) is 7.07. The molecule has 1 heterocycles. The number of piperidine rings is 1. The molecule has 100 valence electrons. The number of hydrogen-bond acceptors (Lipinski definition) is 1.